The zero-order valence-corrected chi connectivity index (χ0v) is 9.84. The summed E-state index contributed by atoms with van der Waals surface area (Å²) in [7, 11) is 0. The second-order valence-corrected chi connectivity index (χ2v) is 4.74. The van der Waals surface area contributed by atoms with Crippen molar-refractivity contribution in [1.82, 2.24) is 14.6 Å². The lowest BCUT2D eigenvalue weighted by Gasteiger charge is -2.20. The molecule has 17 heavy (non-hydrogen) atoms. The lowest BCUT2D eigenvalue weighted by atomic mass is 9.85. The molecule has 1 saturated carbocycles. The van der Waals surface area contributed by atoms with Gasteiger partial charge in [-0.25, -0.2) is 9.50 Å². The topological polar surface area (TPSA) is 50.4 Å². The van der Waals surface area contributed by atoms with Gasteiger partial charge in [-0.1, -0.05) is 19.3 Å². The normalized spacial score (nSPS) is 17.7. The van der Waals surface area contributed by atoms with Crippen LogP contribution in [0.3, 0.4) is 0 Å². The maximum atomic E-state index is 9.54. The molecule has 0 amide bonds. The Kier molecular flexibility index (Phi) is 2.81. The minimum atomic E-state index is 0.0341. The summed E-state index contributed by atoms with van der Waals surface area (Å²) in [5.74, 6) is 0.507. The summed E-state index contributed by atoms with van der Waals surface area (Å²) in [5, 5.41) is 14.1. The van der Waals surface area contributed by atoms with Crippen LogP contribution in [0.5, 0.6) is 0 Å². The van der Waals surface area contributed by atoms with Gasteiger partial charge in [-0.3, -0.25) is 0 Å². The molecule has 2 aromatic heterocycles. The van der Waals surface area contributed by atoms with E-state index in [1.54, 1.807) is 10.7 Å². The molecule has 0 aliphatic heterocycles. The second kappa shape index (κ2) is 4.45. The molecule has 2 heterocycles. The fraction of sp³-hybridized carbons (Fsp3) is 0.538. The van der Waals surface area contributed by atoms with Gasteiger partial charge in [0.2, 0.25) is 0 Å². The van der Waals surface area contributed by atoms with Crippen LogP contribution in [-0.2, 0) is 6.61 Å². The minimum Gasteiger partial charge on any atom is -0.391 e. The van der Waals surface area contributed by atoms with E-state index >= 15 is 0 Å². The zero-order valence-electron chi connectivity index (χ0n) is 9.84. The number of fused-ring (bicyclic) bond motifs is 1. The maximum Gasteiger partial charge on any atom is 0.160 e. The van der Waals surface area contributed by atoms with Gasteiger partial charge in [-0.2, -0.15) is 5.10 Å². The van der Waals surface area contributed by atoms with Crippen molar-refractivity contribution in [2.45, 2.75) is 44.6 Å². The van der Waals surface area contributed by atoms with Gasteiger partial charge in [0.15, 0.2) is 5.65 Å². The van der Waals surface area contributed by atoms with Crippen LogP contribution in [-0.4, -0.2) is 19.7 Å². The van der Waals surface area contributed by atoms with Crippen LogP contribution in [0.25, 0.3) is 5.65 Å². The lowest BCUT2D eigenvalue weighted by Crippen LogP contribution is -2.07. The highest BCUT2D eigenvalue weighted by molar-refractivity contribution is 5.50. The number of aliphatic hydroxyl groups excluding tert-OH is 1. The Labute approximate surface area is 100 Å². The third-order valence-electron chi connectivity index (χ3n) is 3.67. The van der Waals surface area contributed by atoms with Crippen LogP contribution >= 0.6 is 0 Å². The van der Waals surface area contributed by atoms with Crippen molar-refractivity contribution < 1.29 is 5.11 Å². The molecule has 1 N–H and O–H groups in total. The van der Waals surface area contributed by atoms with Gasteiger partial charge >= 0.3 is 0 Å². The van der Waals surface area contributed by atoms with Crippen molar-refractivity contribution in [3.05, 3.63) is 29.7 Å². The van der Waals surface area contributed by atoms with E-state index in [9.17, 15) is 5.11 Å². The average molecular weight is 231 g/mol. The van der Waals surface area contributed by atoms with E-state index in [0.717, 1.165) is 16.9 Å². The van der Waals surface area contributed by atoms with Crippen LogP contribution in [0, 0.1) is 0 Å². The highest BCUT2D eigenvalue weighted by atomic mass is 16.3. The number of hydrogen-bond donors (Lipinski definition) is 1. The predicted octanol–water partition coefficient (Wildman–Crippen LogP) is 2.27. The van der Waals surface area contributed by atoms with E-state index in [4.69, 9.17) is 0 Å². The van der Waals surface area contributed by atoms with Crippen LogP contribution in [0.4, 0.5) is 0 Å². The largest absolute Gasteiger partial charge is 0.391 e. The number of rotatable bonds is 2. The second-order valence-electron chi connectivity index (χ2n) is 4.74. The van der Waals surface area contributed by atoms with Crippen molar-refractivity contribution in [1.29, 1.82) is 0 Å². The summed E-state index contributed by atoms with van der Waals surface area (Å²) in [6.07, 6.45) is 9.91. The smallest absolute Gasteiger partial charge is 0.160 e. The number of hydrogen-bond acceptors (Lipinski definition) is 3. The fourth-order valence-electron chi connectivity index (χ4n) is 2.81. The summed E-state index contributed by atoms with van der Waals surface area (Å²) < 4.78 is 1.79. The van der Waals surface area contributed by atoms with Crippen molar-refractivity contribution in [2.75, 3.05) is 0 Å². The van der Waals surface area contributed by atoms with E-state index in [0.29, 0.717) is 5.92 Å². The first-order valence-corrected chi connectivity index (χ1v) is 6.33. The molecule has 0 spiro atoms. The van der Waals surface area contributed by atoms with Crippen LogP contribution in [0.1, 0.15) is 49.3 Å². The third-order valence-corrected chi connectivity index (χ3v) is 3.67. The van der Waals surface area contributed by atoms with E-state index < -0.39 is 0 Å². The van der Waals surface area contributed by atoms with E-state index in [-0.39, 0.29) is 6.61 Å². The number of nitrogens with zero attached hydrogens (tertiary/aromatic N) is 3. The molecule has 0 bridgehead atoms. The molecular weight excluding hydrogens is 214 g/mol. The average Bonchev–Trinajstić information content (AvgIpc) is 2.78. The molecule has 4 heteroatoms. The van der Waals surface area contributed by atoms with Gasteiger partial charge in [0.05, 0.1) is 12.3 Å². The standard InChI is InChI=1S/C13H17N3O/c17-9-11-12(10-5-2-1-3-6-10)15-16-8-4-7-14-13(11)16/h4,7-8,10,17H,1-3,5-6,9H2. The molecule has 3 rings (SSSR count). The highest BCUT2D eigenvalue weighted by Crippen LogP contribution is 2.34. The Morgan fingerprint density at radius 1 is 1.29 bits per heavy atom. The summed E-state index contributed by atoms with van der Waals surface area (Å²) >= 11 is 0. The summed E-state index contributed by atoms with van der Waals surface area (Å²) in [6, 6.07) is 1.87. The van der Waals surface area contributed by atoms with Crippen LogP contribution in [0.2, 0.25) is 0 Å². The summed E-state index contributed by atoms with van der Waals surface area (Å²) in [6.45, 7) is 0.0341. The molecule has 0 aromatic carbocycles. The van der Waals surface area contributed by atoms with Crippen LogP contribution in [0.15, 0.2) is 18.5 Å². The van der Waals surface area contributed by atoms with Crippen molar-refractivity contribution in [3.8, 4) is 0 Å². The zero-order chi connectivity index (χ0) is 11.7. The monoisotopic (exact) mass is 231 g/mol. The Bertz CT molecular complexity index is 514. The molecule has 0 unspecified atom stereocenters. The summed E-state index contributed by atoms with van der Waals surface area (Å²) in [5.41, 5.74) is 2.78. The van der Waals surface area contributed by atoms with Gasteiger partial charge in [-0.05, 0) is 18.9 Å². The van der Waals surface area contributed by atoms with Crippen molar-refractivity contribution >= 4 is 5.65 Å². The van der Waals surface area contributed by atoms with Gasteiger partial charge in [0, 0.05) is 23.9 Å². The third kappa shape index (κ3) is 1.82. The highest BCUT2D eigenvalue weighted by Gasteiger charge is 2.23. The Morgan fingerprint density at radius 2 is 2.12 bits per heavy atom. The fourth-order valence-corrected chi connectivity index (χ4v) is 2.81. The SMILES string of the molecule is OCc1c(C2CCCCC2)nn2cccnc12. The molecule has 1 aliphatic carbocycles. The van der Waals surface area contributed by atoms with Gasteiger partial charge in [0.25, 0.3) is 0 Å². The Hall–Kier alpha value is -1.42. The van der Waals surface area contributed by atoms with E-state index in [1.165, 1.54) is 32.1 Å². The van der Waals surface area contributed by atoms with Gasteiger partial charge in [-0.15, -0.1) is 0 Å². The molecule has 4 nitrogen and oxygen atoms in total. The molecule has 1 aliphatic rings. The predicted molar refractivity (Wildman–Crippen MR) is 64.7 cm³/mol. The lowest BCUT2D eigenvalue weighted by molar-refractivity contribution is 0.279. The molecule has 0 atom stereocenters. The first-order chi connectivity index (χ1) is 8.40. The minimum absolute atomic E-state index is 0.0341. The number of aromatic nitrogens is 3. The summed E-state index contributed by atoms with van der Waals surface area (Å²) in [4.78, 5) is 4.31. The molecule has 2 aromatic rings. The molecular formula is C13H17N3O. The van der Waals surface area contributed by atoms with E-state index in [1.807, 2.05) is 12.3 Å². The van der Waals surface area contributed by atoms with E-state index in [2.05, 4.69) is 10.1 Å². The molecule has 0 radical (unpaired) electrons. The quantitative estimate of drug-likeness (QED) is 0.862. The first-order valence-electron chi connectivity index (χ1n) is 6.33. The Morgan fingerprint density at radius 3 is 2.88 bits per heavy atom. The molecule has 1 fully saturated rings. The van der Waals surface area contributed by atoms with Crippen LogP contribution < -0.4 is 0 Å². The molecule has 90 valence electrons. The van der Waals surface area contributed by atoms with Gasteiger partial charge in [0.1, 0.15) is 0 Å². The van der Waals surface area contributed by atoms with Crippen molar-refractivity contribution in [3.63, 3.8) is 0 Å². The van der Waals surface area contributed by atoms with Crippen molar-refractivity contribution in [2.24, 2.45) is 0 Å². The van der Waals surface area contributed by atoms with Gasteiger partial charge < -0.3 is 5.11 Å². The first kappa shape index (κ1) is 10.7. The molecule has 0 saturated heterocycles. The number of aliphatic hydroxyl groups is 1. The maximum absolute atomic E-state index is 9.54. The Balaban J connectivity index is 2.08.